The van der Waals surface area contributed by atoms with Crippen molar-refractivity contribution in [3.05, 3.63) is 70.5 Å². The van der Waals surface area contributed by atoms with E-state index in [-0.39, 0.29) is 10.6 Å². The molecular formula is C20H19ClFNO3. The Bertz CT molecular complexity index is 783. The third kappa shape index (κ3) is 5.70. The van der Waals surface area contributed by atoms with Crippen LogP contribution >= 0.6 is 11.6 Å². The summed E-state index contributed by atoms with van der Waals surface area (Å²) in [6.45, 7) is 2.40. The van der Waals surface area contributed by atoms with Crippen molar-refractivity contribution in [1.29, 1.82) is 0 Å². The molecule has 1 amide bonds. The second kappa shape index (κ2) is 9.73. The molecule has 2 aromatic rings. The molecule has 6 heteroatoms. The first-order valence-corrected chi connectivity index (χ1v) is 8.59. The van der Waals surface area contributed by atoms with Gasteiger partial charge in [0.2, 0.25) is 5.91 Å². The number of nitrogens with one attached hydrogen (secondary N) is 1. The first kappa shape index (κ1) is 19.7. The molecule has 4 nitrogen and oxygen atoms in total. The molecule has 0 saturated heterocycles. The Morgan fingerprint density at radius 1 is 1.19 bits per heavy atom. The van der Waals surface area contributed by atoms with Gasteiger partial charge in [-0.2, -0.15) is 0 Å². The molecule has 136 valence electrons. The largest absolute Gasteiger partial charge is 0.462 e. The van der Waals surface area contributed by atoms with Gasteiger partial charge in [-0.1, -0.05) is 31.0 Å². The van der Waals surface area contributed by atoms with Gasteiger partial charge in [0, 0.05) is 17.3 Å². The number of ether oxygens (including phenoxy) is 1. The van der Waals surface area contributed by atoms with E-state index >= 15 is 0 Å². The van der Waals surface area contributed by atoms with E-state index in [1.54, 1.807) is 30.3 Å². The van der Waals surface area contributed by atoms with Gasteiger partial charge in [-0.05, 0) is 48.9 Å². The lowest BCUT2D eigenvalue weighted by Gasteiger charge is -2.06. The molecule has 0 spiro atoms. The number of anilines is 1. The van der Waals surface area contributed by atoms with Gasteiger partial charge in [-0.3, -0.25) is 4.79 Å². The van der Waals surface area contributed by atoms with Crippen LogP contribution in [0.25, 0.3) is 6.08 Å². The van der Waals surface area contributed by atoms with Crippen LogP contribution in [0.15, 0.2) is 48.5 Å². The summed E-state index contributed by atoms with van der Waals surface area (Å²) in [7, 11) is 0. The van der Waals surface area contributed by atoms with E-state index < -0.39 is 17.7 Å². The van der Waals surface area contributed by atoms with Crippen molar-refractivity contribution in [2.45, 2.75) is 19.8 Å². The van der Waals surface area contributed by atoms with Gasteiger partial charge >= 0.3 is 5.97 Å². The smallest absolute Gasteiger partial charge is 0.338 e. The van der Waals surface area contributed by atoms with Crippen molar-refractivity contribution in [2.24, 2.45) is 0 Å². The number of unbranched alkanes of at least 4 members (excludes halogenated alkanes) is 1. The molecule has 0 aliphatic rings. The van der Waals surface area contributed by atoms with Crippen molar-refractivity contribution in [3.63, 3.8) is 0 Å². The van der Waals surface area contributed by atoms with Gasteiger partial charge < -0.3 is 10.1 Å². The van der Waals surface area contributed by atoms with Gasteiger partial charge in [0.05, 0.1) is 17.2 Å². The third-order valence-corrected chi connectivity index (χ3v) is 3.85. The lowest BCUT2D eigenvalue weighted by molar-refractivity contribution is -0.111. The maximum absolute atomic E-state index is 13.6. The molecule has 2 rings (SSSR count). The fourth-order valence-corrected chi connectivity index (χ4v) is 2.32. The zero-order valence-corrected chi connectivity index (χ0v) is 15.1. The SMILES string of the molecule is CCCCOC(=O)c1ccc(NC(=O)C=Cc2c(F)cccc2Cl)cc1. The van der Waals surface area contributed by atoms with E-state index in [0.29, 0.717) is 17.9 Å². The lowest BCUT2D eigenvalue weighted by atomic mass is 10.2. The fourth-order valence-electron chi connectivity index (χ4n) is 2.10. The second-order valence-corrected chi connectivity index (χ2v) is 5.93. The average Bonchev–Trinajstić information content (AvgIpc) is 2.62. The number of esters is 1. The first-order chi connectivity index (χ1) is 12.5. The number of hydrogen-bond donors (Lipinski definition) is 1. The molecule has 0 saturated carbocycles. The molecule has 0 fully saturated rings. The summed E-state index contributed by atoms with van der Waals surface area (Å²) in [5.74, 6) is -1.35. The molecule has 0 aliphatic heterocycles. The van der Waals surface area contributed by atoms with Crippen LogP contribution in [-0.4, -0.2) is 18.5 Å². The summed E-state index contributed by atoms with van der Waals surface area (Å²) < 4.78 is 18.8. The van der Waals surface area contributed by atoms with Gasteiger partial charge in [0.25, 0.3) is 0 Å². The van der Waals surface area contributed by atoms with Crippen LogP contribution in [-0.2, 0) is 9.53 Å². The summed E-state index contributed by atoms with van der Waals surface area (Å²) in [5, 5.41) is 2.85. The van der Waals surface area contributed by atoms with Gasteiger partial charge in [-0.15, -0.1) is 0 Å². The highest BCUT2D eigenvalue weighted by atomic mass is 35.5. The predicted octanol–water partition coefficient (Wildman–Crippen LogP) is 5.09. The molecule has 0 atom stereocenters. The molecule has 26 heavy (non-hydrogen) atoms. The van der Waals surface area contributed by atoms with Crippen LogP contribution in [0, 0.1) is 5.82 Å². The zero-order chi connectivity index (χ0) is 18.9. The summed E-state index contributed by atoms with van der Waals surface area (Å²) >= 11 is 5.90. The molecule has 2 aromatic carbocycles. The number of rotatable bonds is 7. The maximum atomic E-state index is 13.6. The Labute approximate surface area is 156 Å². The van der Waals surface area contributed by atoms with Crippen molar-refractivity contribution < 1.29 is 18.7 Å². The molecule has 0 aliphatic carbocycles. The van der Waals surface area contributed by atoms with Crippen LogP contribution < -0.4 is 5.32 Å². The van der Waals surface area contributed by atoms with E-state index in [4.69, 9.17) is 16.3 Å². The number of benzene rings is 2. The van der Waals surface area contributed by atoms with E-state index in [1.807, 2.05) is 6.92 Å². The van der Waals surface area contributed by atoms with E-state index in [2.05, 4.69) is 5.32 Å². The molecular weight excluding hydrogens is 357 g/mol. The number of halogens is 2. The Kier molecular flexibility index (Phi) is 7.36. The molecule has 1 N–H and O–H groups in total. The highest BCUT2D eigenvalue weighted by Crippen LogP contribution is 2.20. The number of carbonyl (C=O) groups excluding carboxylic acids is 2. The Balaban J connectivity index is 1.95. The van der Waals surface area contributed by atoms with Crippen LogP contribution in [0.1, 0.15) is 35.7 Å². The van der Waals surface area contributed by atoms with E-state index in [1.165, 1.54) is 24.3 Å². The monoisotopic (exact) mass is 375 g/mol. The normalized spacial score (nSPS) is 10.7. The van der Waals surface area contributed by atoms with Crippen molar-refractivity contribution in [2.75, 3.05) is 11.9 Å². The second-order valence-electron chi connectivity index (χ2n) is 5.52. The molecule has 0 heterocycles. The summed E-state index contributed by atoms with van der Waals surface area (Å²) in [6.07, 6.45) is 4.27. The van der Waals surface area contributed by atoms with Crippen molar-refractivity contribution in [3.8, 4) is 0 Å². The lowest BCUT2D eigenvalue weighted by Crippen LogP contribution is -2.09. The number of amides is 1. The molecule has 0 unspecified atom stereocenters. The predicted molar refractivity (Wildman–Crippen MR) is 101 cm³/mol. The van der Waals surface area contributed by atoms with Crippen LogP contribution in [0.4, 0.5) is 10.1 Å². The van der Waals surface area contributed by atoms with Gasteiger partial charge in [-0.25, -0.2) is 9.18 Å². The Morgan fingerprint density at radius 3 is 2.58 bits per heavy atom. The minimum absolute atomic E-state index is 0.148. The van der Waals surface area contributed by atoms with Crippen molar-refractivity contribution in [1.82, 2.24) is 0 Å². The standard InChI is InChI=1S/C20H19ClFNO3/c1-2-3-13-26-20(25)14-7-9-15(10-8-14)23-19(24)12-11-16-17(21)5-4-6-18(16)22/h4-12H,2-3,13H2,1H3,(H,23,24). The molecule has 0 aromatic heterocycles. The van der Waals surface area contributed by atoms with Gasteiger partial charge in [0.1, 0.15) is 5.82 Å². The average molecular weight is 376 g/mol. The molecule has 0 radical (unpaired) electrons. The number of carbonyl (C=O) groups is 2. The summed E-state index contributed by atoms with van der Waals surface area (Å²) in [5.41, 5.74) is 1.06. The quantitative estimate of drug-likeness (QED) is 0.416. The Morgan fingerprint density at radius 2 is 1.92 bits per heavy atom. The zero-order valence-electron chi connectivity index (χ0n) is 14.3. The van der Waals surface area contributed by atoms with E-state index in [9.17, 15) is 14.0 Å². The summed E-state index contributed by atoms with van der Waals surface area (Å²) in [4.78, 5) is 23.8. The van der Waals surface area contributed by atoms with Crippen LogP contribution in [0.2, 0.25) is 5.02 Å². The third-order valence-electron chi connectivity index (χ3n) is 3.52. The van der Waals surface area contributed by atoms with Crippen molar-refractivity contribution >= 4 is 35.2 Å². The highest BCUT2D eigenvalue weighted by Gasteiger charge is 2.08. The minimum atomic E-state index is -0.507. The molecule has 0 bridgehead atoms. The highest BCUT2D eigenvalue weighted by molar-refractivity contribution is 6.32. The van der Waals surface area contributed by atoms with E-state index in [0.717, 1.165) is 12.8 Å². The van der Waals surface area contributed by atoms with Crippen LogP contribution in [0.5, 0.6) is 0 Å². The summed E-state index contributed by atoms with van der Waals surface area (Å²) in [6, 6.07) is 10.6. The fraction of sp³-hybridized carbons (Fsp3) is 0.200. The Hall–Kier alpha value is -2.66. The first-order valence-electron chi connectivity index (χ1n) is 8.21. The van der Waals surface area contributed by atoms with Crippen LogP contribution in [0.3, 0.4) is 0 Å². The minimum Gasteiger partial charge on any atom is -0.462 e. The van der Waals surface area contributed by atoms with Gasteiger partial charge in [0.15, 0.2) is 0 Å². The number of hydrogen-bond acceptors (Lipinski definition) is 3. The topological polar surface area (TPSA) is 55.4 Å². The maximum Gasteiger partial charge on any atom is 0.338 e.